The molecule has 1 unspecified atom stereocenters. The van der Waals surface area contributed by atoms with Crippen LogP contribution in [0.25, 0.3) is 0 Å². The van der Waals surface area contributed by atoms with E-state index in [4.69, 9.17) is 4.74 Å². The minimum Gasteiger partial charge on any atom is -0.378 e. The van der Waals surface area contributed by atoms with Crippen molar-refractivity contribution in [3.63, 3.8) is 0 Å². The summed E-state index contributed by atoms with van der Waals surface area (Å²) in [7, 11) is 5.62. The number of rotatable bonds is 8. The second kappa shape index (κ2) is 9.08. The van der Waals surface area contributed by atoms with Gasteiger partial charge in [-0.3, -0.25) is 4.79 Å². The van der Waals surface area contributed by atoms with Crippen LogP contribution in [0.5, 0.6) is 0 Å². The zero-order chi connectivity index (χ0) is 17.4. The summed E-state index contributed by atoms with van der Waals surface area (Å²) in [5.74, 6) is -0.0911. The smallest absolute Gasteiger partial charge is 0.253 e. The summed E-state index contributed by atoms with van der Waals surface area (Å²) in [6.45, 7) is 0.640. The highest BCUT2D eigenvalue weighted by molar-refractivity contribution is 5.82. The first kappa shape index (κ1) is 18.0. The molecule has 2 aromatic rings. The number of anilines is 1. The van der Waals surface area contributed by atoms with Gasteiger partial charge in [0, 0.05) is 33.4 Å². The summed E-state index contributed by atoms with van der Waals surface area (Å²) in [5.41, 5.74) is 3.34. The molecule has 0 saturated heterocycles. The zero-order valence-corrected chi connectivity index (χ0v) is 14.7. The van der Waals surface area contributed by atoms with E-state index >= 15 is 0 Å². The van der Waals surface area contributed by atoms with Gasteiger partial charge in [0.05, 0.1) is 0 Å². The second-order valence-electron chi connectivity index (χ2n) is 5.98. The molecule has 0 bridgehead atoms. The number of methoxy groups -OCH3 is 1. The molecular weight excluding hydrogens is 300 g/mol. The Morgan fingerprint density at radius 1 is 1.08 bits per heavy atom. The van der Waals surface area contributed by atoms with Crippen molar-refractivity contribution in [2.45, 2.75) is 18.9 Å². The Bertz CT molecular complexity index is 624. The van der Waals surface area contributed by atoms with E-state index < -0.39 is 6.10 Å². The lowest BCUT2D eigenvalue weighted by molar-refractivity contribution is -0.131. The molecule has 0 aliphatic heterocycles. The summed E-state index contributed by atoms with van der Waals surface area (Å²) >= 11 is 0. The molecule has 0 saturated carbocycles. The Labute approximate surface area is 144 Å². The van der Waals surface area contributed by atoms with Crippen LogP contribution in [-0.4, -0.2) is 33.7 Å². The van der Waals surface area contributed by atoms with E-state index in [1.165, 1.54) is 11.3 Å². The lowest BCUT2D eigenvalue weighted by atomic mass is 10.1. The van der Waals surface area contributed by atoms with Gasteiger partial charge < -0.3 is 15.0 Å². The molecule has 0 radical (unpaired) electrons. The molecule has 0 aliphatic carbocycles. The van der Waals surface area contributed by atoms with Gasteiger partial charge in [-0.15, -0.1) is 0 Å². The number of ether oxygens (including phenoxy) is 1. The SMILES string of the molecule is COC(C(=O)NCCCc1ccc(N(C)C)cc1)c1ccccc1. The molecule has 24 heavy (non-hydrogen) atoms. The standard InChI is InChI=1S/C20H26N2O2/c1-22(2)18-13-11-16(12-14-18)8-7-15-21-20(23)19(24-3)17-9-5-4-6-10-17/h4-6,9-14,19H,7-8,15H2,1-3H3,(H,21,23). The first-order valence-corrected chi connectivity index (χ1v) is 8.23. The summed E-state index contributed by atoms with van der Waals surface area (Å²) in [6, 6.07) is 18.1. The molecule has 128 valence electrons. The maximum atomic E-state index is 12.3. The van der Waals surface area contributed by atoms with Gasteiger partial charge in [-0.1, -0.05) is 42.5 Å². The van der Waals surface area contributed by atoms with Crippen LogP contribution in [0.1, 0.15) is 23.7 Å². The second-order valence-corrected chi connectivity index (χ2v) is 5.98. The minimum absolute atomic E-state index is 0.0911. The third-order valence-corrected chi connectivity index (χ3v) is 3.97. The lowest BCUT2D eigenvalue weighted by Crippen LogP contribution is -2.31. The molecule has 0 spiro atoms. The van der Waals surface area contributed by atoms with Crippen molar-refractivity contribution in [1.82, 2.24) is 5.32 Å². The average molecular weight is 326 g/mol. The maximum absolute atomic E-state index is 12.3. The Kier molecular flexibility index (Phi) is 6.82. The van der Waals surface area contributed by atoms with E-state index in [9.17, 15) is 4.79 Å². The van der Waals surface area contributed by atoms with E-state index in [-0.39, 0.29) is 5.91 Å². The number of aryl methyl sites for hydroxylation is 1. The molecule has 1 N–H and O–H groups in total. The molecule has 2 aromatic carbocycles. The summed E-state index contributed by atoms with van der Waals surface area (Å²) < 4.78 is 5.33. The van der Waals surface area contributed by atoms with Crippen molar-refractivity contribution in [3.05, 3.63) is 65.7 Å². The van der Waals surface area contributed by atoms with Crippen LogP contribution in [0, 0.1) is 0 Å². The molecule has 0 aromatic heterocycles. The topological polar surface area (TPSA) is 41.6 Å². The van der Waals surface area contributed by atoms with Crippen LogP contribution < -0.4 is 10.2 Å². The van der Waals surface area contributed by atoms with Crippen LogP contribution in [0.2, 0.25) is 0 Å². The van der Waals surface area contributed by atoms with E-state index in [1.807, 2.05) is 44.4 Å². The molecule has 4 nitrogen and oxygen atoms in total. The van der Waals surface area contributed by atoms with Crippen molar-refractivity contribution >= 4 is 11.6 Å². The molecule has 1 amide bonds. The highest BCUT2D eigenvalue weighted by Gasteiger charge is 2.18. The fourth-order valence-corrected chi connectivity index (χ4v) is 2.58. The number of amides is 1. The first-order valence-electron chi connectivity index (χ1n) is 8.23. The normalized spacial score (nSPS) is 11.8. The Balaban J connectivity index is 1.78. The third kappa shape index (κ3) is 5.10. The van der Waals surface area contributed by atoms with E-state index in [0.29, 0.717) is 6.54 Å². The van der Waals surface area contributed by atoms with Crippen molar-refractivity contribution < 1.29 is 9.53 Å². The first-order chi connectivity index (χ1) is 11.6. The highest BCUT2D eigenvalue weighted by atomic mass is 16.5. The Morgan fingerprint density at radius 3 is 2.33 bits per heavy atom. The zero-order valence-electron chi connectivity index (χ0n) is 14.7. The number of hydrogen-bond acceptors (Lipinski definition) is 3. The number of nitrogens with zero attached hydrogens (tertiary/aromatic N) is 1. The van der Waals surface area contributed by atoms with Gasteiger partial charge in [0.2, 0.25) is 0 Å². The molecule has 1 atom stereocenters. The van der Waals surface area contributed by atoms with Crippen LogP contribution in [0.4, 0.5) is 5.69 Å². The predicted octanol–water partition coefficient (Wildman–Crippen LogP) is 3.19. The molecular formula is C20H26N2O2. The monoisotopic (exact) mass is 326 g/mol. The van der Waals surface area contributed by atoms with E-state index in [1.54, 1.807) is 7.11 Å². The number of benzene rings is 2. The summed E-state index contributed by atoms with van der Waals surface area (Å²) in [4.78, 5) is 14.3. The van der Waals surface area contributed by atoms with Gasteiger partial charge in [0.1, 0.15) is 0 Å². The highest BCUT2D eigenvalue weighted by Crippen LogP contribution is 2.16. The van der Waals surface area contributed by atoms with Gasteiger partial charge in [-0.05, 0) is 36.1 Å². The number of nitrogens with one attached hydrogen (secondary N) is 1. The molecule has 0 aliphatic rings. The van der Waals surface area contributed by atoms with Crippen molar-refractivity contribution in [2.24, 2.45) is 0 Å². The van der Waals surface area contributed by atoms with Crippen molar-refractivity contribution in [2.75, 3.05) is 32.6 Å². The molecule has 0 fully saturated rings. The maximum Gasteiger partial charge on any atom is 0.253 e. The largest absolute Gasteiger partial charge is 0.378 e. The van der Waals surface area contributed by atoms with Gasteiger partial charge in [-0.25, -0.2) is 0 Å². The fourth-order valence-electron chi connectivity index (χ4n) is 2.58. The molecule has 4 heteroatoms. The summed E-state index contributed by atoms with van der Waals surface area (Å²) in [5, 5.41) is 2.96. The Hall–Kier alpha value is -2.33. The van der Waals surface area contributed by atoms with Gasteiger partial charge in [0.25, 0.3) is 5.91 Å². The Morgan fingerprint density at radius 2 is 1.75 bits per heavy atom. The number of hydrogen-bond donors (Lipinski definition) is 1. The van der Waals surface area contributed by atoms with Crippen LogP contribution >= 0.6 is 0 Å². The van der Waals surface area contributed by atoms with E-state index in [2.05, 4.69) is 34.5 Å². The minimum atomic E-state index is -0.550. The fraction of sp³-hybridized carbons (Fsp3) is 0.350. The number of carbonyl (C=O) groups is 1. The van der Waals surface area contributed by atoms with Crippen LogP contribution in [-0.2, 0) is 16.0 Å². The van der Waals surface area contributed by atoms with Crippen molar-refractivity contribution in [1.29, 1.82) is 0 Å². The number of carbonyl (C=O) groups excluding carboxylic acids is 1. The molecule has 2 rings (SSSR count). The average Bonchev–Trinajstić information content (AvgIpc) is 2.61. The van der Waals surface area contributed by atoms with E-state index in [0.717, 1.165) is 18.4 Å². The van der Waals surface area contributed by atoms with Gasteiger partial charge in [0.15, 0.2) is 6.10 Å². The molecule has 0 heterocycles. The van der Waals surface area contributed by atoms with Crippen molar-refractivity contribution in [3.8, 4) is 0 Å². The quantitative estimate of drug-likeness (QED) is 0.758. The summed E-state index contributed by atoms with van der Waals surface area (Å²) in [6.07, 6.45) is 1.29. The van der Waals surface area contributed by atoms with Gasteiger partial charge in [-0.2, -0.15) is 0 Å². The third-order valence-electron chi connectivity index (χ3n) is 3.97. The van der Waals surface area contributed by atoms with Crippen LogP contribution in [0.3, 0.4) is 0 Å². The van der Waals surface area contributed by atoms with Gasteiger partial charge >= 0.3 is 0 Å². The lowest BCUT2D eigenvalue weighted by Gasteiger charge is -2.15. The predicted molar refractivity (Wildman–Crippen MR) is 98.3 cm³/mol. The van der Waals surface area contributed by atoms with Crippen LogP contribution in [0.15, 0.2) is 54.6 Å².